The van der Waals surface area contributed by atoms with E-state index in [9.17, 15) is 9.59 Å². The summed E-state index contributed by atoms with van der Waals surface area (Å²) >= 11 is 0. The van der Waals surface area contributed by atoms with Crippen molar-refractivity contribution in [2.45, 2.75) is 76.3 Å². The standard InChI is InChI=1S/C19H33N3O5/c1-3-22(11-17(23)24)15-8-14(9-15)21-18(25)20-10-16-12-26-19(27-16)6-4-13(2)5-7-19/h13-16H,3-12H2,1-2H3,(H,23,24)(H2,20,21,25). The topological polar surface area (TPSA) is 100 Å². The number of hydrogen-bond acceptors (Lipinski definition) is 5. The van der Waals surface area contributed by atoms with Gasteiger partial charge in [0.05, 0.1) is 13.2 Å². The molecule has 2 aliphatic carbocycles. The Bertz CT molecular complexity index is 529. The summed E-state index contributed by atoms with van der Waals surface area (Å²) in [6.45, 7) is 5.95. The van der Waals surface area contributed by atoms with Gasteiger partial charge in [0.25, 0.3) is 0 Å². The number of rotatable bonds is 7. The zero-order chi connectivity index (χ0) is 19.4. The van der Waals surface area contributed by atoms with Crippen molar-refractivity contribution in [2.75, 3.05) is 26.2 Å². The lowest BCUT2D eigenvalue weighted by molar-refractivity contribution is -0.191. The lowest BCUT2D eigenvalue weighted by atomic mass is 9.85. The number of amides is 2. The summed E-state index contributed by atoms with van der Waals surface area (Å²) in [7, 11) is 0. The fourth-order valence-electron chi connectivity index (χ4n) is 4.30. The molecule has 0 bridgehead atoms. The minimum Gasteiger partial charge on any atom is -0.480 e. The highest BCUT2D eigenvalue weighted by molar-refractivity contribution is 5.74. The van der Waals surface area contributed by atoms with Gasteiger partial charge in [-0.05, 0) is 38.1 Å². The van der Waals surface area contributed by atoms with Crippen molar-refractivity contribution in [1.82, 2.24) is 15.5 Å². The number of hydrogen-bond donors (Lipinski definition) is 3. The van der Waals surface area contributed by atoms with Gasteiger partial charge in [0.2, 0.25) is 0 Å². The summed E-state index contributed by atoms with van der Waals surface area (Å²) in [4.78, 5) is 24.9. The van der Waals surface area contributed by atoms with Crippen molar-refractivity contribution in [3.05, 3.63) is 0 Å². The van der Waals surface area contributed by atoms with E-state index in [1.54, 1.807) is 0 Å². The Hall–Kier alpha value is -1.38. The first-order chi connectivity index (χ1) is 12.9. The Morgan fingerprint density at radius 2 is 1.96 bits per heavy atom. The second-order valence-electron chi connectivity index (χ2n) is 8.28. The van der Waals surface area contributed by atoms with Crippen LogP contribution in [-0.4, -0.2) is 72.2 Å². The molecule has 27 heavy (non-hydrogen) atoms. The van der Waals surface area contributed by atoms with Crippen molar-refractivity contribution in [3.63, 3.8) is 0 Å². The zero-order valence-corrected chi connectivity index (χ0v) is 16.4. The fourth-order valence-corrected chi connectivity index (χ4v) is 4.30. The molecule has 0 aromatic carbocycles. The van der Waals surface area contributed by atoms with Crippen LogP contribution in [-0.2, 0) is 14.3 Å². The molecule has 8 heteroatoms. The molecule has 1 unspecified atom stereocenters. The Morgan fingerprint density at radius 1 is 1.26 bits per heavy atom. The molecule has 8 nitrogen and oxygen atoms in total. The van der Waals surface area contributed by atoms with Crippen molar-refractivity contribution >= 4 is 12.0 Å². The predicted molar refractivity (Wildman–Crippen MR) is 99.4 cm³/mol. The Balaban J connectivity index is 1.31. The van der Waals surface area contributed by atoms with E-state index in [4.69, 9.17) is 14.6 Å². The predicted octanol–water partition coefficient (Wildman–Crippen LogP) is 1.54. The van der Waals surface area contributed by atoms with Crippen molar-refractivity contribution in [3.8, 4) is 0 Å². The molecule has 2 saturated carbocycles. The van der Waals surface area contributed by atoms with E-state index in [1.165, 1.54) is 0 Å². The molecule has 154 valence electrons. The number of nitrogens with zero attached hydrogens (tertiary/aromatic N) is 1. The smallest absolute Gasteiger partial charge is 0.317 e. The van der Waals surface area contributed by atoms with Crippen molar-refractivity contribution in [2.24, 2.45) is 5.92 Å². The van der Waals surface area contributed by atoms with Crippen LogP contribution in [0.25, 0.3) is 0 Å². The van der Waals surface area contributed by atoms with Crippen LogP contribution >= 0.6 is 0 Å². The van der Waals surface area contributed by atoms with Gasteiger partial charge in [-0.25, -0.2) is 4.79 Å². The summed E-state index contributed by atoms with van der Waals surface area (Å²) < 4.78 is 12.0. The highest BCUT2D eigenvalue weighted by Crippen LogP contribution is 2.39. The number of aliphatic carboxylic acids is 1. The van der Waals surface area contributed by atoms with Gasteiger partial charge in [0.1, 0.15) is 6.10 Å². The van der Waals surface area contributed by atoms with Crippen LogP contribution in [0.5, 0.6) is 0 Å². The average molecular weight is 383 g/mol. The number of carboxylic acid groups (broad SMARTS) is 1. The van der Waals surface area contributed by atoms with Crippen LogP contribution in [0.15, 0.2) is 0 Å². The van der Waals surface area contributed by atoms with Gasteiger partial charge in [-0.2, -0.15) is 0 Å². The van der Waals surface area contributed by atoms with E-state index in [0.29, 0.717) is 19.7 Å². The molecule has 1 saturated heterocycles. The highest BCUT2D eigenvalue weighted by atomic mass is 16.7. The van der Waals surface area contributed by atoms with Crippen LogP contribution in [0.3, 0.4) is 0 Å². The summed E-state index contributed by atoms with van der Waals surface area (Å²) in [5, 5.41) is 14.8. The first kappa shape index (κ1) is 20.4. The Labute approximate surface area is 160 Å². The molecule has 1 aliphatic heterocycles. The van der Waals surface area contributed by atoms with Gasteiger partial charge < -0.3 is 25.2 Å². The van der Waals surface area contributed by atoms with E-state index in [2.05, 4.69) is 17.6 Å². The molecule has 1 spiro atoms. The summed E-state index contributed by atoms with van der Waals surface area (Å²) in [6, 6.07) is 0.142. The Kier molecular flexibility index (Phi) is 6.60. The molecular weight excluding hydrogens is 350 g/mol. The number of ether oxygens (including phenoxy) is 2. The third-order valence-corrected chi connectivity index (χ3v) is 6.15. The highest BCUT2D eigenvalue weighted by Gasteiger charge is 2.43. The summed E-state index contributed by atoms with van der Waals surface area (Å²) in [5.74, 6) is -0.504. The number of carboxylic acids is 1. The monoisotopic (exact) mass is 383 g/mol. The van der Waals surface area contributed by atoms with Gasteiger partial charge in [0, 0.05) is 31.5 Å². The van der Waals surface area contributed by atoms with Crippen molar-refractivity contribution in [1.29, 1.82) is 0 Å². The maximum absolute atomic E-state index is 12.1. The van der Waals surface area contributed by atoms with Crippen LogP contribution in [0.4, 0.5) is 4.79 Å². The third-order valence-electron chi connectivity index (χ3n) is 6.15. The zero-order valence-electron chi connectivity index (χ0n) is 16.4. The van der Waals surface area contributed by atoms with Gasteiger partial charge in [-0.1, -0.05) is 13.8 Å². The second kappa shape index (κ2) is 8.75. The molecule has 3 N–H and O–H groups in total. The second-order valence-corrected chi connectivity index (χ2v) is 8.28. The van der Waals surface area contributed by atoms with Crippen LogP contribution in [0.2, 0.25) is 0 Å². The molecule has 0 aromatic heterocycles. The van der Waals surface area contributed by atoms with E-state index >= 15 is 0 Å². The van der Waals surface area contributed by atoms with Crippen molar-refractivity contribution < 1.29 is 24.2 Å². The molecule has 1 atom stereocenters. The molecule has 3 rings (SSSR count). The third kappa shape index (κ3) is 5.33. The SMILES string of the molecule is CCN(CC(=O)O)C1CC(NC(=O)NCC2COC3(CCC(C)CC3)O2)C1. The minimum absolute atomic E-state index is 0.0552. The minimum atomic E-state index is -0.810. The lowest BCUT2D eigenvalue weighted by Crippen LogP contribution is -2.56. The van der Waals surface area contributed by atoms with Gasteiger partial charge >= 0.3 is 12.0 Å². The van der Waals surface area contributed by atoms with Crippen LogP contribution in [0, 0.1) is 5.92 Å². The molecule has 3 aliphatic rings. The first-order valence-electron chi connectivity index (χ1n) is 10.2. The van der Waals surface area contributed by atoms with E-state index in [0.717, 1.165) is 44.4 Å². The number of nitrogens with one attached hydrogen (secondary N) is 2. The first-order valence-corrected chi connectivity index (χ1v) is 10.2. The number of carbonyl (C=O) groups excluding carboxylic acids is 1. The molecule has 3 fully saturated rings. The number of likely N-dealkylation sites (N-methyl/N-ethyl adjacent to an activating group) is 1. The largest absolute Gasteiger partial charge is 0.480 e. The van der Waals surface area contributed by atoms with Gasteiger partial charge in [-0.15, -0.1) is 0 Å². The molecule has 2 amide bonds. The maximum Gasteiger partial charge on any atom is 0.317 e. The van der Waals surface area contributed by atoms with E-state index < -0.39 is 11.8 Å². The van der Waals surface area contributed by atoms with Gasteiger partial charge in [0.15, 0.2) is 5.79 Å². The van der Waals surface area contributed by atoms with E-state index in [1.807, 2.05) is 11.8 Å². The van der Waals surface area contributed by atoms with E-state index in [-0.39, 0.29) is 30.8 Å². The molecule has 0 radical (unpaired) electrons. The normalized spacial score (nSPS) is 35.8. The molecule has 1 heterocycles. The van der Waals surface area contributed by atoms with Gasteiger partial charge in [-0.3, -0.25) is 9.69 Å². The summed E-state index contributed by atoms with van der Waals surface area (Å²) in [6.07, 6.45) is 5.61. The maximum atomic E-state index is 12.1. The summed E-state index contributed by atoms with van der Waals surface area (Å²) in [5.41, 5.74) is 0. The van der Waals surface area contributed by atoms with Crippen LogP contribution < -0.4 is 10.6 Å². The number of urea groups is 1. The fraction of sp³-hybridized carbons (Fsp3) is 0.895. The Morgan fingerprint density at radius 3 is 2.59 bits per heavy atom. The lowest BCUT2D eigenvalue weighted by Gasteiger charge is -2.42. The average Bonchev–Trinajstić information content (AvgIpc) is 3.00. The quantitative estimate of drug-likeness (QED) is 0.617. The number of carbonyl (C=O) groups is 2. The molecule has 0 aromatic rings. The van der Waals surface area contributed by atoms with Crippen LogP contribution in [0.1, 0.15) is 52.4 Å². The molecular formula is C19H33N3O5.